The minimum atomic E-state index is -0.604. The summed E-state index contributed by atoms with van der Waals surface area (Å²) in [6, 6.07) is 0. The third kappa shape index (κ3) is 2.19. The molecule has 0 bridgehead atoms. The van der Waals surface area contributed by atoms with Crippen molar-refractivity contribution in [3.63, 3.8) is 0 Å². The Morgan fingerprint density at radius 2 is 1.67 bits per heavy atom. The molecule has 0 unspecified atom stereocenters. The number of thiol groups is 1. The lowest BCUT2D eigenvalue weighted by atomic mass is 10.1. The van der Waals surface area contributed by atoms with E-state index in [-0.39, 0.29) is 29.9 Å². The largest absolute Gasteiger partial charge is 0.348 e. The first-order valence-electron chi connectivity index (χ1n) is 6.28. The van der Waals surface area contributed by atoms with Gasteiger partial charge in [0.05, 0.1) is 11.9 Å². The van der Waals surface area contributed by atoms with Gasteiger partial charge in [0.1, 0.15) is 18.3 Å². The molecule has 3 aliphatic heterocycles. The van der Waals surface area contributed by atoms with Crippen LogP contribution in [0.4, 0.5) is 0 Å². The van der Waals surface area contributed by atoms with Crippen LogP contribution in [0.3, 0.4) is 0 Å². The minimum absolute atomic E-state index is 0.0701. The molecule has 6 heteroatoms. The molecule has 3 fully saturated rings. The first kappa shape index (κ1) is 13.1. The zero-order chi connectivity index (χ0) is 13.1. The lowest BCUT2D eigenvalue weighted by Crippen LogP contribution is -2.39. The standard InChI is InChI=1S/C12H20O5S/c1-11(2)13-5-6(15-11)7-9(18)8-10(14-7)17-12(3,4)16-8/h6-10,18H,5H2,1-4H3/t6-,7-,8-,9-,10-/m1/s1. The molecule has 0 aliphatic carbocycles. The van der Waals surface area contributed by atoms with Crippen LogP contribution < -0.4 is 0 Å². The van der Waals surface area contributed by atoms with Gasteiger partial charge in [-0.2, -0.15) is 12.6 Å². The predicted octanol–water partition coefficient (Wildman–Crippen LogP) is 1.31. The van der Waals surface area contributed by atoms with Crippen LogP contribution >= 0.6 is 12.6 Å². The minimum Gasteiger partial charge on any atom is -0.348 e. The first-order chi connectivity index (χ1) is 8.27. The molecular formula is C12H20O5S. The van der Waals surface area contributed by atoms with Gasteiger partial charge < -0.3 is 23.7 Å². The van der Waals surface area contributed by atoms with Crippen LogP contribution in [0.5, 0.6) is 0 Å². The van der Waals surface area contributed by atoms with Gasteiger partial charge in [-0.1, -0.05) is 0 Å². The van der Waals surface area contributed by atoms with Crippen molar-refractivity contribution < 1.29 is 23.7 Å². The fourth-order valence-corrected chi connectivity index (χ4v) is 3.16. The molecule has 0 radical (unpaired) electrons. The summed E-state index contributed by atoms with van der Waals surface area (Å²) in [5, 5.41) is -0.0701. The second-order valence-corrected chi connectivity index (χ2v) is 6.52. The summed E-state index contributed by atoms with van der Waals surface area (Å²) in [5.41, 5.74) is 0. The van der Waals surface area contributed by atoms with E-state index >= 15 is 0 Å². The number of hydrogen-bond acceptors (Lipinski definition) is 6. The summed E-state index contributed by atoms with van der Waals surface area (Å²) in [6.45, 7) is 8.06. The molecule has 104 valence electrons. The zero-order valence-corrected chi connectivity index (χ0v) is 12.0. The lowest BCUT2D eigenvalue weighted by molar-refractivity contribution is -0.219. The highest BCUT2D eigenvalue weighted by atomic mass is 32.1. The van der Waals surface area contributed by atoms with E-state index in [1.165, 1.54) is 0 Å². The number of hydrogen-bond donors (Lipinski definition) is 1. The normalized spacial score (nSPS) is 49.5. The Labute approximate surface area is 112 Å². The summed E-state index contributed by atoms with van der Waals surface area (Å²) < 4.78 is 28.8. The van der Waals surface area contributed by atoms with Gasteiger partial charge in [-0.3, -0.25) is 0 Å². The van der Waals surface area contributed by atoms with Crippen molar-refractivity contribution in [1.82, 2.24) is 0 Å². The Bertz CT molecular complexity index is 345. The number of fused-ring (bicyclic) bond motifs is 1. The zero-order valence-electron chi connectivity index (χ0n) is 11.1. The molecule has 18 heavy (non-hydrogen) atoms. The van der Waals surface area contributed by atoms with Crippen LogP contribution in [0.25, 0.3) is 0 Å². The van der Waals surface area contributed by atoms with Crippen molar-refractivity contribution in [2.75, 3.05) is 6.61 Å². The Hall–Kier alpha value is 0.150. The van der Waals surface area contributed by atoms with Crippen LogP contribution in [0.1, 0.15) is 27.7 Å². The van der Waals surface area contributed by atoms with Crippen LogP contribution in [-0.4, -0.2) is 48.0 Å². The average molecular weight is 276 g/mol. The van der Waals surface area contributed by atoms with E-state index < -0.39 is 11.6 Å². The quantitative estimate of drug-likeness (QED) is 0.732. The topological polar surface area (TPSA) is 46.2 Å². The van der Waals surface area contributed by atoms with Crippen molar-refractivity contribution in [2.24, 2.45) is 0 Å². The maximum Gasteiger partial charge on any atom is 0.188 e. The van der Waals surface area contributed by atoms with Crippen LogP contribution in [0.15, 0.2) is 0 Å². The Balaban J connectivity index is 1.68. The highest BCUT2D eigenvalue weighted by molar-refractivity contribution is 7.81. The lowest BCUT2D eigenvalue weighted by Gasteiger charge is -2.26. The van der Waals surface area contributed by atoms with Crippen molar-refractivity contribution in [3.8, 4) is 0 Å². The summed E-state index contributed by atoms with van der Waals surface area (Å²) in [4.78, 5) is 0. The monoisotopic (exact) mass is 276 g/mol. The van der Waals surface area contributed by atoms with Gasteiger partial charge in [0.2, 0.25) is 0 Å². The molecular weight excluding hydrogens is 256 g/mol. The molecule has 0 N–H and O–H groups in total. The third-order valence-corrected chi connectivity index (χ3v) is 4.04. The Morgan fingerprint density at radius 3 is 2.22 bits per heavy atom. The SMILES string of the molecule is CC1(C)O[C@H]2O[C@H]([C@H]3COC(C)(C)O3)[C@@H](S)[C@H]2O1. The van der Waals surface area contributed by atoms with E-state index in [0.717, 1.165) is 0 Å². The molecule has 5 atom stereocenters. The van der Waals surface area contributed by atoms with Crippen molar-refractivity contribution >= 4 is 12.6 Å². The van der Waals surface area contributed by atoms with E-state index in [0.29, 0.717) is 6.61 Å². The molecule has 0 spiro atoms. The molecule has 3 saturated heterocycles. The second kappa shape index (κ2) is 4.07. The van der Waals surface area contributed by atoms with Gasteiger partial charge in [-0.05, 0) is 27.7 Å². The molecule has 3 aliphatic rings. The molecule has 5 nitrogen and oxygen atoms in total. The molecule has 0 amide bonds. The summed E-state index contributed by atoms with van der Waals surface area (Å²) in [7, 11) is 0. The fraction of sp³-hybridized carbons (Fsp3) is 1.00. The Morgan fingerprint density at radius 1 is 0.944 bits per heavy atom. The van der Waals surface area contributed by atoms with Crippen LogP contribution in [-0.2, 0) is 23.7 Å². The van der Waals surface area contributed by atoms with Crippen LogP contribution in [0, 0.1) is 0 Å². The predicted molar refractivity (Wildman–Crippen MR) is 66.4 cm³/mol. The van der Waals surface area contributed by atoms with E-state index in [1.807, 2.05) is 27.7 Å². The maximum absolute atomic E-state index is 5.88. The Kier molecular flexibility index (Phi) is 2.97. The van der Waals surface area contributed by atoms with Gasteiger partial charge in [0.15, 0.2) is 17.9 Å². The van der Waals surface area contributed by atoms with E-state index in [4.69, 9.17) is 23.7 Å². The summed E-state index contributed by atoms with van der Waals surface area (Å²) in [5.74, 6) is -1.16. The van der Waals surface area contributed by atoms with Gasteiger partial charge in [-0.15, -0.1) is 0 Å². The van der Waals surface area contributed by atoms with E-state index in [9.17, 15) is 0 Å². The average Bonchev–Trinajstić information content (AvgIpc) is 2.81. The van der Waals surface area contributed by atoms with Crippen molar-refractivity contribution in [1.29, 1.82) is 0 Å². The second-order valence-electron chi connectivity index (χ2n) is 5.93. The smallest absolute Gasteiger partial charge is 0.188 e. The molecule has 0 saturated carbocycles. The number of ether oxygens (including phenoxy) is 5. The molecule has 0 aromatic heterocycles. The molecule has 3 heterocycles. The van der Waals surface area contributed by atoms with Crippen molar-refractivity contribution in [3.05, 3.63) is 0 Å². The van der Waals surface area contributed by atoms with Gasteiger partial charge in [-0.25, -0.2) is 0 Å². The molecule has 3 rings (SSSR count). The van der Waals surface area contributed by atoms with Gasteiger partial charge in [0.25, 0.3) is 0 Å². The molecule has 0 aromatic rings. The highest BCUT2D eigenvalue weighted by Gasteiger charge is 2.57. The van der Waals surface area contributed by atoms with Crippen LogP contribution in [0.2, 0.25) is 0 Å². The maximum atomic E-state index is 5.88. The number of rotatable bonds is 1. The third-order valence-electron chi connectivity index (χ3n) is 3.45. The van der Waals surface area contributed by atoms with E-state index in [1.54, 1.807) is 0 Å². The fourth-order valence-electron chi connectivity index (χ4n) is 2.70. The van der Waals surface area contributed by atoms with Crippen molar-refractivity contribution in [2.45, 2.75) is 69.1 Å². The first-order valence-corrected chi connectivity index (χ1v) is 6.80. The van der Waals surface area contributed by atoms with Gasteiger partial charge in [0, 0.05) is 0 Å². The van der Waals surface area contributed by atoms with Gasteiger partial charge >= 0.3 is 0 Å². The summed E-state index contributed by atoms with van der Waals surface area (Å²) >= 11 is 4.61. The highest BCUT2D eigenvalue weighted by Crippen LogP contribution is 2.42. The van der Waals surface area contributed by atoms with E-state index in [2.05, 4.69) is 12.6 Å². The summed E-state index contributed by atoms with van der Waals surface area (Å²) in [6.07, 6.45) is -0.801. The molecule has 0 aromatic carbocycles.